The molecule has 1 aliphatic heterocycles. The van der Waals surface area contributed by atoms with E-state index in [1.165, 1.54) is 12.8 Å². The molecule has 3 aromatic rings. The third-order valence-corrected chi connectivity index (χ3v) is 5.95. The van der Waals surface area contributed by atoms with Gasteiger partial charge in [-0.1, -0.05) is 13.8 Å². The van der Waals surface area contributed by atoms with E-state index in [4.69, 9.17) is 5.10 Å². The molecule has 7 heteroatoms. The number of nitrogens with zero attached hydrogens (tertiary/aromatic N) is 6. The Morgan fingerprint density at radius 2 is 1.87 bits per heavy atom. The number of fused-ring (bicyclic) bond motifs is 1. The number of hydrogen-bond acceptors (Lipinski definition) is 6. The lowest BCUT2D eigenvalue weighted by molar-refractivity contribution is 0.249. The van der Waals surface area contributed by atoms with Crippen LogP contribution in [0.1, 0.15) is 33.1 Å². The average Bonchev–Trinajstić information content (AvgIpc) is 3.17. The maximum Gasteiger partial charge on any atom is 0.154 e. The van der Waals surface area contributed by atoms with Crippen molar-refractivity contribution in [2.45, 2.75) is 39.2 Å². The van der Waals surface area contributed by atoms with Gasteiger partial charge in [0.25, 0.3) is 0 Å². The number of imidazole rings is 1. The van der Waals surface area contributed by atoms with Crippen molar-refractivity contribution >= 4 is 17.3 Å². The fourth-order valence-corrected chi connectivity index (χ4v) is 3.98. The van der Waals surface area contributed by atoms with Crippen molar-refractivity contribution in [1.29, 1.82) is 0 Å². The van der Waals surface area contributed by atoms with E-state index in [0.29, 0.717) is 12.0 Å². The van der Waals surface area contributed by atoms with Gasteiger partial charge in [-0.05, 0) is 63.5 Å². The number of piperidine rings is 1. The molecular formula is C23H33N7. The van der Waals surface area contributed by atoms with Crippen LogP contribution in [-0.2, 0) is 0 Å². The summed E-state index contributed by atoms with van der Waals surface area (Å²) in [6.07, 6.45) is 7.25. The van der Waals surface area contributed by atoms with Crippen molar-refractivity contribution in [2.75, 3.05) is 43.9 Å². The Hall–Kier alpha value is -2.67. The van der Waals surface area contributed by atoms with Crippen molar-refractivity contribution in [1.82, 2.24) is 24.5 Å². The second kappa shape index (κ2) is 9.00. The van der Waals surface area contributed by atoms with Gasteiger partial charge < -0.3 is 15.1 Å². The lowest BCUT2D eigenvalue weighted by atomic mass is 10.0. The van der Waals surface area contributed by atoms with Crippen LogP contribution in [0.25, 0.3) is 16.9 Å². The Morgan fingerprint density at radius 1 is 1.07 bits per heavy atom. The van der Waals surface area contributed by atoms with E-state index in [2.05, 4.69) is 71.2 Å². The summed E-state index contributed by atoms with van der Waals surface area (Å²) in [6, 6.07) is 8.92. The minimum Gasteiger partial charge on any atom is -0.370 e. The summed E-state index contributed by atoms with van der Waals surface area (Å²) in [6.45, 7) is 7.46. The second-order valence-electron chi connectivity index (χ2n) is 8.83. The highest BCUT2D eigenvalue weighted by Crippen LogP contribution is 2.24. The van der Waals surface area contributed by atoms with E-state index < -0.39 is 0 Å². The number of aromatic nitrogens is 4. The number of rotatable bonds is 7. The zero-order chi connectivity index (χ0) is 21.1. The van der Waals surface area contributed by atoms with E-state index in [0.717, 1.165) is 54.6 Å². The second-order valence-corrected chi connectivity index (χ2v) is 8.83. The van der Waals surface area contributed by atoms with Crippen LogP contribution in [0.4, 0.5) is 11.6 Å². The first kappa shape index (κ1) is 20.6. The Morgan fingerprint density at radius 3 is 2.53 bits per heavy atom. The summed E-state index contributed by atoms with van der Waals surface area (Å²) in [5, 5.41) is 8.31. The first-order valence-electron chi connectivity index (χ1n) is 11.0. The van der Waals surface area contributed by atoms with E-state index in [1.807, 2.05) is 23.0 Å². The first-order chi connectivity index (χ1) is 14.5. The highest BCUT2D eigenvalue weighted by atomic mass is 15.3. The molecule has 0 bridgehead atoms. The average molecular weight is 408 g/mol. The molecule has 0 amide bonds. The predicted molar refractivity (Wildman–Crippen MR) is 123 cm³/mol. The molecule has 0 aliphatic carbocycles. The number of nitrogens with one attached hydrogen (secondary N) is 1. The van der Waals surface area contributed by atoms with Crippen molar-refractivity contribution < 1.29 is 0 Å². The number of hydrogen-bond donors (Lipinski definition) is 1. The Kier molecular flexibility index (Phi) is 6.18. The highest BCUT2D eigenvalue weighted by Gasteiger charge is 2.22. The van der Waals surface area contributed by atoms with E-state index >= 15 is 0 Å². The van der Waals surface area contributed by atoms with Gasteiger partial charge in [-0.3, -0.25) is 0 Å². The van der Waals surface area contributed by atoms with Gasteiger partial charge in [0.1, 0.15) is 11.6 Å². The number of pyridine rings is 1. The van der Waals surface area contributed by atoms with Gasteiger partial charge in [-0.15, -0.1) is 5.10 Å². The van der Waals surface area contributed by atoms with Gasteiger partial charge in [-0.25, -0.2) is 14.5 Å². The van der Waals surface area contributed by atoms with Crippen molar-refractivity contribution in [3.63, 3.8) is 0 Å². The molecule has 0 saturated carbocycles. The zero-order valence-corrected chi connectivity index (χ0v) is 18.5. The molecule has 0 spiro atoms. The zero-order valence-electron chi connectivity index (χ0n) is 18.5. The van der Waals surface area contributed by atoms with Crippen LogP contribution in [0.2, 0.25) is 0 Å². The van der Waals surface area contributed by atoms with Crippen LogP contribution >= 0.6 is 0 Å². The summed E-state index contributed by atoms with van der Waals surface area (Å²) in [7, 11) is 4.34. The van der Waals surface area contributed by atoms with E-state index in [9.17, 15) is 0 Å². The molecule has 4 heterocycles. The maximum atomic E-state index is 4.92. The third kappa shape index (κ3) is 4.56. The molecule has 4 rings (SSSR count). The van der Waals surface area contributed by atoms with Gasteiger partial charge in [0.15, 0.2) is 5.65 Å². The fourth-order valence-electron chi connectivity index (χ4n) is 3.98. The first-order valence-corrected chi connectivity index (χ1v) is 11.0. The van der Waals surface area contributed by atoms with Gasteiger partial charge in [-0.2, -0.15) is 0 Å². The SMILES string of the molecule is CC(C)CCNc1ccc(-c2cnc3ccc(N4CCC(N(C)C)CC4)nn23)cn1. The Bertz CT molecular complexity index is 953. The smallest absolute Gasteiger partial charge is 0.154 e. The summed E-state index contributed by atoms with van der Waals surface area (Å²) in [4.78, 5) is 13.8. The van der Waals surface area contributed by atoms with Crippen molar-refractivity contribution in [3.05, 3.63) is 36.7 Å². The van der Waals surface area contributed by atoms with Gasteiger partial charge >= 0.3 is 0 Å². The van der Waals surface area contributed by atoms with Crippen molar-refractivity contribution in [2.24, 2.45) is 5.92 Å². The predicted octanol–water partition coefficient (Wildman–Crippen LogP) is 3.78. The molecule has 30 heavy (non-hydrogen) atoms. The van der Waals surface area contributed by atoms with Crippen LogP contribution in [0.3, 0.4) is 0 Å². The monoisotopic (exact) mass is 407 g/mol. The maximum absolute atomic E-state index is 4.92. The van der Waals surface area contributed by atoms with Gasteiger partial charge in [0, 0.05) is 37.4 Å². The molecule has 1 N–H and O–H groups in total. The molecule has 3 aromatic heterocycles. The van der Waals surface area contributed by atoms with E-state index in [-0.39, 0.29) is 0 Å². The minimum atomic E-state index is 0.660. The van der Waals surface area contributed by atoms with Gasteiger partial charge in [0.05, 0.1) is 11.9 Å². The van der Waals surface area contributed by atoms with Crippen LogP contribution in [-0.4, -0.2) is 64.3 Å². The molecule has 1 saturated heterocycles. The molecule has 7 nitrogen and oxygen atoms in total. The quantitative estimate of drug-likeness (QED) is 0.643. The normalized spacial score (nSPS) is 15.5. The lowest BCUT2D eigenvalue weighted by Crippen LogP contribution is -2.42. The van der Waals surface area contributed by atoms with Crippen LogP contribution in [0, 0.1) is 5.92 Å². The summed E-state index contributed by atoms with van der Waals surface area (Å²) in [5.41, 5.74) is 2.85. The molecule has 0 radical (unpaired) electrons. The lowest BCUT2D eigenvalue weighted by Gasteiger charge is -2.35. The van der Waals surface area contributed by atoms with E-state index in [1.54, 1.807) is 0 Å². The molecule has 0 unspecified atom stereocenters. The van der Waals surface area contributed by atoms with Crippen LogP contribution in [0.5, 0.6) is 0 Å². The number of anilines is 2. The molecule has 1 aliphatic rings. The largest absolute Gasteiger partial charge is 0.370 e. The summed E-state index contributed by atoms with van der Waals surface area (Å²) in [5.74, 6) is 2.60. The van der Waals surface area contributed by atoms with Crippen molar-refractivity contribution in [3.8, 4) is 11.3 Å². The minimum absolute atomic E-state index is 0.660. The van der Waals surface area contributed by atoms with Gasteiger partial charge in [0.2, 0.25) is 0 Å². The summed E-state index contributed by atoms with van der Waals surface area (Å²) < 4.78 is 1.94. The fraction of sp³-hybridized carbons (Fsp3) is 0.522. The highest BCUT2D eigenvalue weighted by molar-refractivity contribution is 5.64. The molecule has 0 aromatic carbocycles. The van der Waals surface area contributed by atoms with Crippen LogP contribution in [0.15, 0.2) is 36.7 Å². The topological polar surface area (TPSA) is 61.6 Å². The third-order valence-electron chi connectivity index (χ3n) is 5.95. The van der Waals surface area contributed by atoms with Crippen LogP contribution < -0.4 is 10.2 Å². The summed E-state index contributed by atoms with van der Waals surface area (Å²) >= 11 is 0. The Labute approximate surface area is 179 Å². The molecular weight excluding hydrogens is 374 g/mol. The standard InChI is InChI=1S/C23H33N7/c1-17(2)9-12-24-21-6-5-18(15-25-21)20-16-26-22-7-8-23(27-30(20)22)29-13-10-19(11-14-29)28(3)4/h5-8,15-17,19H,9-14H2,1-4H3,(H,24,25). The molecule has 0 atom stereocenters. The molecule has 1 fully saturated rings. The molecule has 160 valence electrons. The Balaban J connectivity index is 1.51.